The van der Waals surface area contributed by atoms with Crippen LogP contribution in [0, 0.1) is 18.3 Å². The summed E-state index contributed by atoms with van der Waals surface area (Å²) in [7, 11) is 0. The number of nitrogens with one attached hydrogen (secondary N) is 1. The van der Waals surface area contributed by atoms with E-state index in [1.54, 1.807) is 24.3 Å². The average Bonchev–Trinajstić information content (AvgIpc) is 2.52. The van der Waals surface area contributed by atoms with Gasteiger partial charge >= 0.3 is 5.97 Å². The molecule has 0 aromatic heterocycles. The van der Waals surface area contributed by atoms with E-state index in [1.807, 2.05) is 6.07 Å². The lowest BCUT2D eigenvalue weighted by atomic mass is 9.98. The number of carbonyl (C=O) groups is 1. The lowest BCUT2D eigenvalue weighted by Gasteiger charge is -2.18. The van der Waals surface area contributed by atoms with Crippen molar-refractivity contribution in [2.45, 2.75) is 19.8 Å². The number of para-hydroxylation sites is 1. The van der Waals surface area contributed by atoms with E-state index in [0.717, 1.165) is 0 Å². The zero-order valence-corrected chi connectivity index (χ0v) is 14.2. The normalized spacial score (nSPS) is 10.5. The molecule has 0 aliphatic heterocycles. The molecule has 2 N–H and O–H groups in total. The van der Waals surface area contributed by atoms with E-state index in [2.05, 4.69) is 21.2 Å². The first-order valence-corrected chi connectivity index (χ1v) is 7.72. The fourth-order valence-corrected chi connectivity index (χ4v) is 3.01. The SMILES string of the molecule is Cc1c(Nc2ccccc2C(=O)O)cc(Br)c(CC#N)c1C(F)F. The first-order valence-electron chi connectivity index (χ1n) is 6.93. The van der Waals surface area contributed by atoms with Crippen molar-refractivity contribution in [3.63, 3.8) is 0 Å². The standard InChI is InChI=1S/C17H13BrF2N2O2/c1-9-14(22-13-5-3-2-4-11(13)17(23)24)8-12(18)10(6-7-21)15(9)16(19)20/h2-5,8,16,22H,6H2,1H3,(H,23,24). The van der Waals surface area contributed by atoms with Crippen LogP contribution in [-0.4, -0.2) is 11.1 Å². The monoisotopic (exact) mass is 394 g/mol. The summed E-state index contributed by atoms with van der Waals surface area (Å²) in [6.07, 6.45) is -2.89. The van der Waals surface area contributed by atoms with Gasteiger partial charge < -0.3 is 10.4 Å². The molecule has 2 rings (SSSR count). The highest BCUT2D eigenvalue weighted by molar-refractivity contribution is 9.10. The molecule has 0 aliphatic carbocycles. The van der Waals surface area contributed by atoms with Crippen LogP contribution in [0.15, 0.2) is 34.8 Å². The van der Waals surface area contributed by atoms with Crippen molar-refractivity contribution in [3.8, 4) is 6.07 Å². The van der Waals surface area contributed by atoms with Crippen molar-refractivity contribution in [1.82, 2.24) is 0 Å². The van der Waals surface area contributed by atoms with Crippen molar-refractivity contribution in [2.24, 2.45) is 0 Å². The summed E-state index contributed by atoms with van der Waals surface area (Å²) >= 11 is 3.22. The minimum absolute atomic E-state index is 0.0349. The second-order valence-electron chi connectivity index (χ2n) is 5.03. The van der Waals surface area contributed by atoms with E-state index < -0.39 is 12.4 Å². The number of nitriles is 1. The van der Waals surface area contributed by atoms with Crippen LogP contribution in [0.5, 0.6) is 0 Å². The summed E-state index contributed by atoms with van der Waals surface area (Å²) in [5.41, 5.74) is 0.982. The van der Waals surface area contributed by atoms with Crippen LogP contribution >= 0.6 is 15.9 Å². The molecule has 0 spiro atoms. The van der Waals surface area contributed by atoms with Gasteiger partial charge in [0.05, 0.1) is 23.7 Å². The Labute approximate surface area is 145 Å². The Morgan fingerprint density at radius 3 is 2.62 bits per heavy atom. The van der Waals surface area contributed by atoms with Crippen molar-refractivity contribution < 1.29 is 18.7 Å². The highest BCUT2D eigenvalue weighted by atomic mass is 79.9. The Bertz CT molecular complexity index is 832. The molecule has 2 aromatic rings. The Hall–Kier alpha value is -2.46. The summed E-state index contributed by atoms with van der Waals surface area (Å²) in [6.45, 7) is 1.51. The van der Waals surface area contributed by atoms with Crippen LogP contribution in [0.1, 0.15) is 33.5 Å². The van der Waals surface area contributed by atoms with Gasteiger partial charge in [-0.15, -0.1) is 0 Å². The van der Waals surface area contributed by atoms with Gasteiger partial charge in [-0.25, -0.2) is 13.6 Å². The zero-order chi connectivity index (χ0) is 17.9. The lowest BCUT2D eigenvalue weighted by Crippen LogP contribution is -2.06. The molecule has 24 heavy (non-hydrogen) atoms. The van der Waals surface area contributed by atoms with Gasteiger partial charge in [-0.2, -0.15) is 5.26 Å². The Kier molecular flexibility index (Phi) is 5.52. The van der Waals surface area contributed by atoms with Crippen molar-refractivity contribution >= 4 is 33.3 Å². The van der Waals surface area contributed by atoms with Crippen LogP contribution in [0.2, 0.25) is 0 Å². The fraction of sp³-hybridized carbons (Fsp3) is 0.176. The van der Waals surface area contributed by atoms with Crippen molar-refractivity contribution in [1.29, 1.82) is 5.26 Å². The highest BCUT2D eigenvalue weighted by Crippen LogP contribution is 2.38. The van der Waals surface area contributed by atoms with E-state index in [9.17, 15) is 18.7 Å². The van der Waals surface area contributed by atoms with Gasteiger partial charge in [-0.1, -0.05) is 28.1 Å². The molecule has 124 valence electrons. The first-order chi connectivity index (χ1) is 11.4. The van der Waals surface area contributed by atoms with Gasteiger partial charge in [0.25, 0.3) is 6.43 Å². The van der Waals surface area contributed by atoms with E-state index in [1.165, 1.54) is 13.0 Å². The number of carboxylic acids is 1. The summed E-state index contributed by atoms with van der Waals surface area (Å²) in [6, 6.07) is 9.67. The van der Waals surface area contributed by atoms with E-state index in [0.29, 0.717) is 15.8 Å². The number of hydrogen-bond donors (Lipinski definition) is 2. The van der Waals surface area contributed by atoms with Crippen LogP contribution in [-0.2, 0) is 6.42 Å². The predicted molar refractivity (Wildman–Crippen MR) is 89.8 cm³/mol. The third-order valence-electron chi connectivity index (χ3n) is 3.59. The van der Waals surface area contributed by atoms with Crippen molar-refractivity contribution in [2.75, 3.05) is 5.32 Å². The molecule has 0 unspecified atom stereocenters. The molecule has 0 radical (unpaired) electrons. The summed E-state index contributed by atoms with van der Waals surface area (Å²) < 4.78 is 27.3. The van der Waals surface area contributed by atoms with Gasteiger partial charge in [0.15, 0.2) is 0 Å². The molecule has 4 nitrogen and oxygen atoms in total. The maximum Gasteiger partial charge on any atom is 0.337 e. The summed E-state index contributed by atoms with van der Waals surface area (Å²) in [4.78, 5) is 11.3. The predicted octanol–water partition coefficient (Wildman–Crippen LogP) is 5.20. The summed E-state index contributed by atoms with van der Waals surface area (Å²) in [5, 5.41) is 21.0. The zero-order valence-electron chi connectivity index (χ0n) is 12.6. The first kappa shape index (κ1) is 17.9. The smallest absolute Gasteiger partial charge is 0.337 e. The van der Waals surface area contributed by atoms with E-state index in [-0.39, 0.29) is 28.7 Å². The maximum atomic E-state index is 13.5. The van der Waals surface area contributed by atoms with Crippen LogP contribution < -0.4 is 5.32 Å². The molecule has 7 heteroatoms. The van der Waals surface area contributed by atoms with Crippen LogP contribution in [0.25, 0.3) is 0 Å². The topological polar surface area (TPSA) is 73.1 Å². The fourth-order valence-electron chi connectivity index (χ4n) is 2.43. The molecule has 0 bridgehead atoms. The number of rotatable bonds is 5. The van der Waals surface area contributed by atoms with E-state index in [4.69, 9.17) is 5.26 Å². The molecule has 0 atom stereocenters. The number of alkyl halides is 2. The number of anilines is 2. The number of aromatic carboxylic acids is 1. The molecule has 0 saturated carbocycles. The Morgan fingerprint density at radius 2 is 2.04 bits per heavy atom. The molecular weight excluding hydrogens is 382 g/mol. The lowest BCUT2D eigenvalue weighted by molar-refractivity contribution is 0.0698. The Morgan fingerprint density at radius 1 is 1.38 bits per heavy atom. The van der Waals surface area contributed by atoms with Gasteiger partial charge in [0, 0.05) is 15.7 Å². The number of halogens is 3. The number of benzene rings is 2. The molecular formula is C17H13BrF2N2O2. The van der Waals surface area contributed by atoms with E-state index >= 15 is 0 Å². The van der Waals surface area contributed by atoms with Crippen LogP contribution in [0.3, 0.4) is 0 Å². The molecule has 0 fully saturated rings. The maximum absolute atomic E-state index is 13.5. The number of nitrogens with zero attached hydrogens (tertiary/aromatic N) is 1. The van der Waals surface area contributed by atoms with Crippen LogP contribution in [0.4, 0.5) is 20.2 Å². The number of hydrogen-bond acceptors (Lipinski definition) is 3. The quantitative estimate of drug-likeness (QED) is 0.730. The van der Waals surface area contributed by atoms with Gasteiger partial charge in [0.2, 0.25) is 0 Å². The van der Waals surface area contributed by atoms with Gasteiger partial charge in [-0.05, 0) is 36.2 Å². The van der Waals surface area contributed by atoms with Gasteiger partial charge in [-0.3, -0.25) is 0 Å². The number of carboxylic acid groups (broad SMARTS) is 1. The molecule has 0 heterocycles. The third kappa shape index (κ3) is 3.54. The summed E-state index contributed by atoms with van der Waals surface area (Å²) in [5.74, 6) is -1.12. The third-order valence-corrected chi connectivity index (χ3v) is 4.30. The van der Waals surface area contributed by atoms with Gasteiger partial charge in [0.1, 0.15) is 0 Å². The molecule has 0 aliphatic rings. The molecule has 2 aromatic carbocycles. The Balaban J connectivity index is 2.57. The van der Waals surface area contributed by atoms with Crippen molar-refractivity contribution in [3.05, 3.63) is 57.1 Å². The second-order valence-corrected chi connectivity index (χ2v) is 5.89. The highest BCUT2D eigenvalue weighted by Gasteiger charge is 2.22. The molecule has 0 saturated heterocycles. The average molecular weight is 395 g/mol. The molecule has 0 amide bonds. The second kappa shape index (κ2) is 7.41. The minimum Gasteiger partial charge on any atom is -0.478 e. The minimum atomic E-state index is -2.75. The largest absolute Gasteiger partial charge is 0.478 e.